The highest BCUT2D eigenvalue weighted by atomic mass is 16.5. The second kappa shape index (κ2) is 29.6. The number of carboxylic acids is 1. The summed E-state index contributed by atoms with van der Waals surface area (Å²) >= 11 is 0. The third-order valence-corrected chi connectivity index (χ3v) is 5.58. The molecule has 0 aromatic heterocycles. The molecule has 0 aliphatic rings. The number of methoxy groups -OCH3 is 3. The van der Waals surface area contributed by atoms with Gasteiger partial charge in [-0.05, 0) is 62.2 Å². The van der Waals surface area contributed by atoms with E-state index in [1.165, 1.54) is 21.3 Å². The third-order valence-electron chi connectivity index (χ3n) is 5.58. The van der Waals surface area contributed by atoms with Gasteiger partial charge < -0.3 is 41.0 Å². The number of nitrogens with zero attached hydrogens (tertiary/aromatic N) is 2. The van der Waals surface area contributed by atoms with Crippen LogP contribution in [0, 0.1) is 11.8 Å². The van der Waals surface area contributed by atoms with Crippen LogP contribution < -0.4 is 21.7 Å². The summed E-state index contributed by atoms with van der Waals surface area (Å²) in [6, 6.07) is -0.505. The molecule has 14 heteroatoms. The molecule has 0 aromatic rings. The number of aliphatic carboxylic acids is 1. The summed E-state index contributed by atoms with van der Waals surface area (Å²) in [5.41, 5.74) is 5.31. The highest BCUT2D eigenvalue weighted by Gasteiger charge is 2.20. The number of nitrogens with two attached hydrogens (primary N) is 1. The molecule has 0 saturated carbocycles. The molecular weight excluding hydrogens is 524 g/mol. The highest BCUT2D eigenvalue weighted by Crippen LogP contribution is 2.02. The third kappa shape index (κ3) is 23.5. The first-order valence-corrected chi connectivity index (χ1v) is 13.2. The maximum atomic E-state index is 11.0. The lowest BCUT2D eigenvalue weighted by Crippen LogP contribution is -2.43. The zero-order valence-electron chi connectivity index (χ0n) is 26.8. The molecule has 0 rings (SSSR count). The van der Waals surface area contributed by atoms with E-state index in [-0.39, 0.29) is 41.8 Å². The Balaban J connectivity index is -0.000000217. The number of nitrogens with one attached hydrogen (secondary N) is 3. The molecule has 0 spiro atoms. The topological polar surface area (TPSA) is 185 Å². The van der Waals surface area contributed by atoms with Gasteiger partial charge in [0.1, 0.15) is 12.1 Å². The van der Waals surface area contributed by atoms with Crippen LogP contribution in [0.4, 0.5) is 0 Å². The largest absolute Gasteiger partial charge is 0.481 e. The van der Waals surface area contributed by atoms with Crippen molar-refractivity contribution in [2.75, 3.05) is 96.8 Å². The van der Waals surface area contributed by atoms with Crippen LogP contribution in [0.25, 0.3) is 0 Å². The Kier molecular flexibility index (Phi) is 33.1. The van der Waals surface area contributed by atoms with Gasteiger partial charge in [-0.1, -0.05) is 13.8 Å². The minimum Gasteiger partial charge on any atom is -0.481 e. The van der Waals surface area contributed by atoms with Crippen molar-refractivity contribution in [2.24, 2.45) is 17.6 Å². The lowest BCUT2D eigenvalue weighted by atomic mass is 10.1. The zero-order chi connectivity index (χ0) is 32.3. The summed E-state index contributed by atoms with van der Waals surface area (Å²) in [6.45, 7) is 6.00. The number of carboxylic acid groups (broad SMARTS) is 1. The van der Waals surface area contributed by atoms with Crippen molar-refractivity contribution in [1.82, 2.24) is 25.8 Å². The molecule has 40 heavy (non-hydrogen) atoms. The Bertz CT molecular complexity index is 653. The van der Waals surface area contributed by atoms with E-state index < -0.39 is 5.97 Å². The molecule has 0 heterocycles. The van der Waals surface area contributed by atoms with Gasteiger partial charge in [-0.15, -0.1) is 0 Å². The summed E-state index contributed by atoms with van der Waals surface area (Å²) in [4.78, 5) is 46.6. The summed E-state index contributed by atoms with van der Waals surface area (Å²) in [6.07, 6.45) is 1.52. The second-order valence-corrected chi connectivity index (χ2v) is 8.99. The number of likely N-dealkylation sites (N-methyl/N-ethyl adjacent to an activating group) is 3. The molecule has 0 saturated heterocycles. The first-order valence-electron chi connectivity index (χ1n) is 13.2. The SMILES string of the molecule is CCC(CNC)C(=O)O.CCC(CNC)C(=O)OC.CNCC(C(=O)OC)N(C)C.COC(=O)C(CN)N(C)C. The van der Waals surface area contributed by atoms with Crippen LogP contribution in [0.3, 0.4) is 0 Å². The fourth-order valence-electron chi connectivity index (χ4n) is 2.92. The number of carbonyl (C=O) groups is 4. The first kappa shape index (κ1) is 44.7. The van der Waals surface area contributed by atoms with Crippen molar-refractivity contribution >= 4 is 23.9 Å². The van der Waals surface area contributed by atoms with Crippen molar-refractivity contribution in [3.8, 4) is 0 Å². The number of ether oxygens (including phenoxy) is 3. The van der Waals surface area contributed by atoms with Crippen LogP contribution in [-0.4, -0.2) is 148 Å². The average molecular weight is 583 g/mol. The molecule has 0 amide bonds. The van der Waals surface area contributed by atoms with Crippen LogP contribution in [-0.2, 0) is 33.4 Å². The number of hydrogen-bond acceptors (Lipinski definition) is 13. The van der Waals surface area contributed by atoms with E-state index >= 15 is 0 Å². The lowest BCUT2D eigenvalue weighted by Gasteiger charge is -2.20. The second-order valence-electron chi connectivity index (χ2n) is 8.99. The predicted octanol–water partition coefficient (Wildman–Crippen LogP) is -0.921. The number of hydrogen-bond donors (Lipinski definition) is 5. The van der Waals surface area contributed by atoms with Gasteiger partial charge in [-0.2, -0.15) is 0 Å². The molecule has 240 valence electrons. The Hall–Kier alpha value is -2.36. The van der Waals surface area contributed by atoms with Crippen LogP contribution in [0.2, 0.25) is 0 Å². The molecule has 0 fully saturated rings. The van der Waals surface area contributed by atoms with Crippen molar-refractivity contribution in [3.05, 3.63) is 0 Å². The standard InChI is InChI=1S/C7H16N2O2.C7H15NO2.C6H14N2O2.C6H13NO2/c1-8-5-6(9(2)3)7(10)11-4;1-4-6(5-8-2)7(9)10-3;1-8(2)5(4-7)6(9)10-3;1-3-5(4-7-2)6(8)9/h6,8H,5H2,1-4H3;6,8H,4-5H2,1-3H3;5H,4,7H2,1-3H3;5,7H,3-4H2,1-2H3,(H,8,9). The van der Waals surface area contributed by atoms with Crippen LogP contribution in [0.15, 0.2) is 0 Å². The van der Waals surface area contributed by atoms with Gasteiger partial charge in [0.05, 0.1) is 33.2 Å². The molecule has 6 N–H and O–H groups in total. The molecule has 0 radical (unpaired) electrons. The minimum absolute atomic E-state index is 0.00926. The van der Waals surface area contributed by atoms with E-state index in [0.29, 0.717) is 32.6 Å². The molecular formula is C26H58N6O8. The molecule has 4 atom stereocenters. The van der Waals surface area contributed by atoms with Gasteiger partial charge in [-0.3, -0.25) is 29.0 Å². The maximum Gasteiger partial charge on any atom is 0.324 e. The van der Waals surface area contributed by atoms with E-state index in [1.54, 1.807) is 33.1 Å². The maximum absolute atomic E-state index is 11.0. The van der Waals surface area contributed by atoms with E-state index in [9.17, 15) is 19.2 Å². The summed E-state index contributed by atoms with van der Waals surface area (Å²) in [5.74, 6) is -1.55. The molecule has 14 nitrogen and oxygen atoms in total. The zero-order valence-corrected chi connectivity index (χ0v) is 26.8. The lowest BCUT2D eigenvalue weighted by molar-refractivity contribution is -0.146. The number of esters is 3. The Labute approximate surface area is 241 Å². The highest BCUT2D eigenvalue weighted by molar-refractivity contribution is 5.76. The van der Waals surface area contributed by atoms with Gasteiger partial charge in [0.2, 0.25) is 0 Å². The van der Waals surface area contributed by atoms with Gasteiger partial charge in [0.25, 0.3) is 0 Å². The number of rotatable bonds is 15. The van der Waals surface area contributed by atoms with E-state index in [2.05, 4.69) is 30.2 Å². The molecule has 0 aliphatic heterocycles. The predicted molar refractivity (Wildman–Crippen MR) is 157 cm³/mol. The van der Waals surface area contributed by atoms with Crippen molar-refractivity contribution in [3.63, 3.8) is 0 Å². The Morgan fingerprint density at radius 3 is 1.23 bits per heavy atom. The van der Waals surface area contributed by atoms with Crippen molar-refractivity contribution in [2.45, 2.75) is 38.8 Å². The van der Waals surface area contributed by atoms with E-state index in [0.717, 1.165) is 6.42 Å². The van der Waals surface area contributed by atoms with Crippen molar-refractivity contribution in [1.29, 1.82) is 0 Å². The summed E-state index contributed by atoms with van der Waals surface area (Å²) < 4.78 is 13.7. The fourth-order valence-corrected chi connectivity index (χ4v) is 2.92. The van der Waals surface area contributed by atoms with Crippen LogP contribution in [0.5, 0.6) is 0 Å². The summed E-state index contributed by atoms with van der Waals surface area (Å²) in [7, 11) is 16.8. The van der Waals surface area contributed by atoms with Gasteiger partial charge in [-0.25, -0.2) is 0 Å². The van der Waals surface area contributed by atoms with Crippen LogP contribution in [0.1, 0.15) is 26.7 Å². The normalized spacial score (nSPS) is 13.1. The van der Waals surface area contributed by atoms with Gasteiger partial charge >= 0.3 is 23.9 Å². The van der Waals surface area contributed by atoms with E-state index in [1.807, 2.05) is 39.9 Å². The van der Waals surface area contributed by atoms with Crippen LogP contribution >= 0.6 is 0 Å². The summed E-state index contributed by atoms with van der Waals surface area (Å²) in [5, 5.41) is 17.1. The van der Waals surface area contributed by atoms with Crippen molar-refractivity contribution < 1.29 is 38.5 Å². The minimum atomic E-state index is -0.716. The number of carbonyl (C=O) groups excluding carboxylic acids is 3. The van der Waals surface area contributed by atoms with Gasteiger partial charge in [0, 0.05) is 26.2 Å². The van der Waals surface area contributed by atoms with Gasteiger partial charge in [0.15, 0.2) is 0 Å². The molecule has 0 aromatic carbocycles. The molecule has 0 aliphatic carbocycles. The Morgan fingerprint density at radius 2 is 1.02 bits per heavy atom. The quantitative estimate of drug-likeness (QED) is 0.118. The first-order chi connectivity index (χ1) is 18.7. The van der Waals surface area contributed by atoms with E-state index in [4.69, 9.17) is 10.8 Å². The fraction of sp³-hybridized carbons (Fsp3) is 0.846. The Morgan fingerprint density at radius 1 is 0.675 bits per heavy atom. The monoisotopic (exact) mass is 582 g/mol. The molecule has 0 bridgehead atoms. The smallest absolute Gasteiger partial charge is 0.324 e. The average Bonchev–Trinajstić information content (AvgIpc) is 2.93. The molecule has 4 unspecified atom stereocenters.